The fraction of sp³-hybridized carbons (Fsp3) is 0.625. The van der Waals surface area contributed by atoms with E-state index in [0.717, 1.165) is 4.90 Å². The van der Waals surface area contributed by atoms with Gasteiger partial charge < -0.3 is 0 Å². The number of carbonyl (C=O) groups is 3. The highest BCUT2D eigenvalue weighted by atomic mass is 19.1. The van der Waals surface area contributed by atoms with E-state index in [4.69, 9.17) is 0 Å². The van der Waals surface area contributed by atoms with Gasteiger partial charge in [-0.3, -0.25) is 19.3 Å². The van der Waals surface area contributed by atoms with E-state index in [1.807, 2.05) is 0 Å². The summed E-state index contributed by atoms with van der Waals surface area (Å²) in [5.74, 6) is -1.46. The van der Waals surface area contributed by atoms with Gasteiger partial charge in [-0.05, 0) is 6.92 Å². The van der Waals surface area contributed by atoms with Crippen molar-refractivity contribution in [2.75, 3.05) is 6.54 Å². The van der Waals surface area contributed by atoms with Gasteiger partial charge in [-0.15, -0.1) is 0 Å². The molecule has 0 saturated carbocycles. The van der Waals surface area contributed by atoms with Crippen molar-refractivity contribution in [1.29, 1.82) is 0 Å². The zero-order chi connectivity index (χ0) is 10.0. The highest BCUT2D eigenvalue weighted by Gasteiger charge is 2.38. The fourth-order valence-corrected chi connectivity index (χ4v) is 1.15. The molecule has 5 heteroatoms. The van der Waals surface area contributed by atoms with E-state index < -0.39 is 18.0 Å². The van der Waals surface area contributed by atoms with Gasteiger partial charge in [-0.1, -0.05) is 0 Å². The third-order valence-corrected chi connectivity index (χ3v) is 1.88. The number of ketones is 1. The Kier molecular flexibility index (Phi) is 2.75. The van der Waals surface area contributed by atoms with Crippen LogP contribution in [0.3, 0.4) is 0 Å². The lowest BCUT2D eigenvalue weighted by Gasteiger charge is -2.11. The Morgan fingerprint density at radius 1 is 1.62 bits per heavy atom. The summed E-state index contributed by atoms with van der Waals surface area (Å²) in [6.45, 7) is 1.37. The second-order valence-corrected chi connectivity index (χ2v) is 3.01. The number of hydrogen-bond donors (Lipinski definition) is 0. The summed E-state index contributed by atoms with van der Waals surface area (Å²) in [5.41, 5.74) is 0. The molecule has 0 N–H and O–H groups in total. The average Bonchev–Trinajstić information content (AvgIpc) is 2.24. The summed E-state index contributed by atoms with van der Waals surface area (Å²) in [4.78, 5) is 33.3. The highest BCUT2D eigenvalue weighted by molar-refractivity contribution is 6.05. The molecule has 1 fully saturated rings. The topological polar surface area (TPSA) is 54.5 Å². The maximum absolute atomic E-state index is 12.6. The van der Waals surface area contributed by atoms with Crippen LogP contribution in [0, 0.1) is 0 Å². The molecular formula is C8H10FNO3. The first kappa shape index (κ1) is 9.83. The van der Waals surface area contributed by atoms with Crippen LogP contribution >= 0.6 is 0 Å². The Morgan fingerprint density at radius 3 is 2.62 bits per heavy atom. The molecule has 1 aliphatic rings. The molecule has 0 radical (unpaired) electrons. The number of halogens is 1. The lowest BCUT2D eigenvalue weighted by molar-refractivity contribution is -0.139. The SMILES string of the molecule is CC(=O)CCN1C(=O)CC(F)C1=O. The van der Waals surface area contributed by atoms with Crippen LogP contribution in [0.2, 0.25) is 0 Å². The molecule has 0 bridgehead atoms. The first-order chi connectivity index (χ1) is 6.02. The van der Waals surface area contributed by atoms with Gasteiger partial charge in [-0.2, -0.15) is 0 Å². The second-order valence-electron chi connectivity index (χ2n) is 3.01. The molecule has 1 rings (SSSR count). The van der Waals surface area contributed by atoms with Crippen LogP contribution < -0.4 is 0 Å². The predicted molar refractivity (Wildman–Crippen MR) is 41.5 cm³/mol. The molecule has 72 valence electrons. The number of carbonyl (C=O) groups excluding carboxylic acids is 3. The molecule has 13 heavy (non-hydrogen) atoms. The number of amides is 2. The van der Waals surface area contributed by atoms with Crippen molar-refractivity contribution < 1.29 is 18.8 Å². The average molecular weight is 187 g/mol. The van der Waals surface area contributed by atoms with Gasteiger partial charge in [0.15, 0.2) is 6.17 Å². The number of nitrogens with zero attached hydrogens (tertiary/aromatic N) is 1. The van der Waals surface area contributed by atoms with E-state index in [9.17, 15) is 18.8 Å². The summed E-state index contributed by atoms with van der Waals surface area (Å²) in [7, 11) is 0. The molecule has 0 aromatic carbocycles. The maximum Gasteiger partial charge on any atom is 0.264 e. The first-order valence-electron chi connectivity index (χ1n) is 4.00. The monoisotopic (exact) mass is 187 g/mol. The van der Waals surface area contributed by atoms with E-state index in [-0.39, 0.29) is 25.2 Å². The van der Waals surface area contributed by atoms with Crippen molar-refractivity contribution in [2.45, 2.75) is 25.9 Å². The molecule has 1 aliphatic heterocycles. The van der Waals surface area contributed by atoms with Gasteiger partial charge in [0.1, 0.15) is 5.78 Å². The third kappa shape index (κ3) is 2.11. The number of rotatable bonds is 3. The van der Waals surface area contributed by atoms with E-state index in [1.165, 1.54) is 6.92 Å². The molecule has 0 aromatic heterocycles. The van der Waals surface area contributed by atoms with Gasteiger partial charge in [0.2, 0.25) is 5.91 Å². The number of alkyl halides is 1. The van der Waals surface area contributed by atoms with Crippen LogP contribution in [-0.2, 0) is 14.4 Å². The van der Waals surface area contributed by atoms with E-state index in [1.54, 1.807) is 0 Å². The standard InChI is InChI=1S/C8H10FNO3/c1-5(11)2-3-10-7(12)4-6(9)8(10)13/h6H,2-4H2,1H3. The van der Waals surface area contributed by atoms with Crippen molar-refractivity contribution in [1.82, 2.24) is 4.90 Å². The Balaban J connectivity index is 2.54. The van der Waals surface area contributed by atoms with Gasteiger partial charge in [0.05, 0.1) is 6.42 Å². The van der Waals surface area contributed by atoms with Gasteiger partial charge in [-0.25, -0.2) is 4.39 Å². The largest absolute Gasteiger partial charge is 0.300 e. The minimum Gasteiger partial charge on any atom is -0.300 e. The molecule has 0 spiro atoms. The molecule has 2 amide bonds. The van der Waals surface area contributed by atoms with Crippen LogP contribution in [-0.4, -0.2) is 35.2 Å². The highest BCUT2D eigenvalue weighted by Crippen LogP contribution is 2.15. The van der Waals surface area contributed by atoms with Crippen LogP contribution in [0.5, 0.6) is 0 Å². The van der Waals surface area contributed by atoms with Crippen LogP contribution in [0.15, 0.2) is 0 Å². The molecule has 0 aliphatic carbocycles. The molecule has 1 unspecified atom stereocenters. The number of Topliss-reactive ketones (excluding diaryl/α,β-unsaturated/α-hetero) is 1. The normalized spacial score (nSPS) is 22.6. The first-order valence-corrected chi connectivity index (χ1v) is 4.00. The Morgan fingerprint density at radius 2 is 2.23 bits per heavy atom. The zero-order valence-corrected chi connectivity index (χ0v) is 7.25. The summed E-state index contributed by atoms with van der Waals surface area (Å²) in [6, 6.07) is 0. The zero-order valence-electron chi connectivity index (χ0n) is 7.25. The van der Waals surface area contributed by atoms with Crippen molar-refractivity contribution in [2.24, 2.45) is 0 Å². The van der Waals surface area contributed by atoms with Gasteiger partial charge in [0.25, 0.3) is 5.91 Å². The molecule has 1 saturated heterocycles. The fourth-order valence-electron chi connectivity index (χ4n) is 1.15. The molecular weight excluding hydrogens is 177 g/mol. The predicted octanol–water partition coefficient (Wildman–Crippen LogP) is 0.0625. The van der Waals surface area contributed by atoms with E-state index in [0.29, 0.717) is 0 Å². The molecule has 1 atom stereocenters. The summed E-state index contributed by atoms with van der Waals surface area (Å²) < 4.78 is 12.6. The molecule has 0 aromatic rings. The van der Waals surface area contributed by atoms with Crippen LogP contribution in [0.4, 0.5) is 4.39 Å². The second kappa shape index (κ2) is 3.64. The lowest BCUT2D eigenvalue weighted by Crippen LogP contribution is -2.32. The van der Waals surface area contributed by atoms with Crippen molar-refractivity contribution in [3.63, 3.8) is 0 Å². The maximum atomic E-state index is 12.6. The van der Waals surface area contributed by atoms with E-state index >= 15 is 0 Å². The summed E-state index contributed by atoms with van der Waals surface area (Å²) in [6.07, 6.45) is -1.99. The molecule has 4 nitrogen and oxygen atoms in total. The quantitative estimate of drug-likeness (QED) is 0.587. The van der Waals surface area contributed by atoms with Gasteiger partial charge >= 0.3 is 0 Å². The van der Waals surface area contributed by atoms with Gasteiger partial charge in [0, 0.05) is 13.0 Å². The van der Waals surface area contributed by atoms with Crippen LogP contribution in [0.1, 0.15) is 19.8 Å². The van der Waals surface area contributed by atoms with Crippen LogP contribution in [0.25, 0.3) is 0 Å². The lowest BCUT2D eigenvalue weighted by atomic mass is 10.3. The van der Waals surface area contributed by atoms with Crippen molar-refractivity contribution in [3.8, 4) is 0 Å². The summed E-state index contributed by atoms with van der Waals surface area (Å²) >= 11 is 0. The minimum atomic E-state index is -1.71. The minimum absolute atomic E-state index is 0.00736. The number of imide groups is 1. The van der Waals surface area contributed by atoms with Crippen molar-refractivity contribution in [3.05, 3.63) is 0 Å². The Labute approximate surface area is 74.7 Å². The molecule has 1 heterocycles. The number of hydrogen-bond acceptors (Lipinski definition) is 3. The van der Waals surface area contributed by atoms with Crippen molar-refractivity contribution >= 4 is 17.6 Å². The Hall–Kier alpha value is -1.26. The number of likely N-dealkylation sites (tertiary alicyclic amines) is 1. The smallest absolute Gasteiger partial charge is 0.264 e. The Bertz CT molecular complexity index is 264. The third-order valence-electron chi connectivity index (χ3n) is 1.88. The summed E-state index contributed by atoms with van der Waals surface area (Å²) in [5, 5.41) is 0. The van der Waals surface area contributed by atoms with E-state index in [2.05, 4.69) is 0 Å².